The summed E-state index contributed by atoms with van der Waals surface area (Å²) in [6.07, 6.45) is 4.54. The molecule has 2 aromatic rings. The lowest BCUT2D eigenvalue weighted by molar-refractivity contribution is -0.129. The topological polar surface area (TPSA) is 55.8 Å². The van der Waals surface area contributed by atoms with E-state index in [1.54, 1.807) is 35.2 Å². The van der Waals surface area contributed by atoms with Crippen molar-refractivity contribution < 1.29 is 19.1 Å². The van der Waals surface area contributed by atoms with Crippen LogP contribution in [0.1, 0.15) is 18.4 Å². The standard InChI is InChI=1S/C20H19NO4/c1-24-17-5-2-3-6-18(17)25-20(23)13-10-15-8-11-16(12-9-15)21-14-4-7-19(21)22/h2-3,5-6,8-13H,4,7,14H2,1H3/b13-10+. The second-order valence-corrected chi connectivity index (χ2v) is 5.65. The average molecular weight is 337 g/mol. The highest BCUT2D eigenvalue weighted by Gasteiger charge is 2.21. The van der Waals surface area contributed by atoms with Gasteiger partial charge in [-0.1, -0.05) is 24.3 Å². The second-order valence-electron chi connectivity index (χ2n) is 5.65. The zero-order chi connectivity index (χ0) is 17.6. The summed E-state index contributed by atoms with van der Waals surface area (Å²) in [5.41, 5.74) is 1.74. The highest BCUT2D eigenvalue weighted by molar-refractivity contribution is 5.95. The Balaban J connectivity index is 1.63. The van der Waals surface area contributed by atoms with E-state index >= 15 is 0 Å². The van der Waals surface area contributed by atoms with E-state index in [1.165, 1.54) is 13.2 Å². The normalized spacial score (nSPS) is 14.1. The quantitative estimate of drug-likeness (QED) is 0.476. The second kappa shape index (κ2) is 7.66. The highest BCUT2D eigenvalue weighted by Crippen LogP contribution is 2.26. The molecule has 1 fully saturated rings. The zero-order valence-corrected chi connectivity index (χ0v) is 14.0. The number of amides is 1. The minimum Gasteiger partial charge on any atom is -0.493 e. The number of carbonyl (C=O) groups excluding carboxylic acids is 2. The molecule has 2 aromatic carbocycles. The van der Waals surface area contributed by atoms with E-state index in [2.05, 4.69) is 0 Å². The van der Waals surface area contributed by atoms with Crippen LogP contribution in [0.2, 0.25) is 0 Å². The summed E-state index contributed by atoms with van der Waals surface area (Å²) in [4.78, 5) is 25.5. The van der Waals surface area contributed by atoms with Gasteiger partial charge in [-0.05, 0) is 42.3 Å². The number of benzene rings is 2. The molecule has 0 bridgehead atoms. The molecule has 5 heteroatoms. The first-order valence-corrected chi connectivity index (χ1v) is 8.11. The predicted molar refractivity (Wildman–Crippen MR) is 95.7 cm³/mol. The number of anilines is 1. The van der Waals surface area contributed by atoms with Crippen LogP contribution in [0.25, 0.3) is 6.08 Å². The summed E-state index contributed by atoms with van der Waals surface area (Å²) >= 11 is 0. The van der Waals surface area contributed by atoms with E-state index in [-0.39, 0.29) is 5.91 Å². The Morgan fingerprint density at radius 2 is 1.80 bits per heavy atom. The minimum atomic E-state index is -0.483. The van der Waals surface area contributed by atoms with Crippen molar-refractivity contribution in [1.29, 1.82) is 0 Å². The molecular weight excluding hydrogens is 318 g/mol. The number of methoxy groups -OCH3 is 1. The number of ether oxygens (including phenoxy) is 2. The van der Waals surface area contributed by atoms with E-state index < -0.39 is 5.97 Å². The molecule has 1 aliphatic heterocycles. The molecule has 0 unspecified atom stereocenters. The SMILES string of the molecule is COc1ccccc1OC(=O)/C=C/c1ccc(N2CCCC2=O)cc1. The third-order valence-corrected chi connectivity index (χ3v) is 3.97. The van der Waals surface area contributed by atoms with Crippen molar-refractivity contribution in [2.75, 3.05) is 18.6 Å². The number of nitrogens with zero attached hydrogens (tertiary/aromatic N) is 1. The lowest BCUT2D eigenvalue weighted by Gasteiger charge is -2.15. The van der Waals surface area contributed by atoms with Crippen LogP contribution >= 0.6 is 0 Å². The highest BCUT2D eigenvalue weighted by atomic mass is 16.6. The molecule has 0 N–H and O–H groups in total. The van der Waals surface area contributed by atoms with Gasteiger partial charge in [0.15, 0.2) is 11.5 Å². The van der Waals surface area contributed by atoms with Crippen LogP contribution in [-0.2, 0) is 9.59 Å². The number of esters is 1. The van der Waals surface area contributed by atoms with Gasteiger partial charge in [-0.25, -0.2) is 4.79 Å². The lowest BCUT2D eigenvalue weighted by Crippen LogP contribution is -2.23. The largest absolute Gasteiger partial charge is 0.493 e. The number of hydrogen-bond acceptors (Lipinski definition) is 4. The van der Waals surface area contributed by atoms with Crippen molar-refractivity contribution in [3.63, 3.8) is 0 Å². The van der Waals surface area contributed by atoms with Gasteiger partial charge in [0.1, 0.15) is 0 Å². The van der Waals surface area contributed by atoms with Crippen LogP contribution in [0, 0.1) is 0 Å². The van der Waals surface area contributed by atoms with Gasteiger partial charge < -0.3 is 14.4 Å². The molecule has 1 aliphatic rings. The van der Waals surface area contributed by atoms with E-state index in [0.29, 0.717) is 17.9 Å². The summed E-state index contributed by atoms with van der Waals surface area (Å²) in [5.74, 6) is 0.554. The number of para-hydroxylation sites is 2. The molecule has 0 saturated carbocycles. The van der Waals surface area contributed by atoms with E-state index in [4.69, 9.17) is 9.47 Å². The average Bonchev–Trinajstić information content (AvgIpc) is 3.07. The van der Waals surface area contributed by atoms with Crippen molar-refractivity contribution in [1.82, 2.24) is 0 Å². The molecule has 1 heterocycles. The Hall–Kier alpha value is -3.08. The predicted octanol–water partition coefficient (Wildman–Crippen LogP) is 3.44. The molecule has 128 valence electrons. The number of rotatable bonds is 5. The molecule has 0 atom stereocenters. The lowest BCUT2D eigenvalue weighted by atomic mass is 10.2. The molecule has 0 spiro atoms. The molecule has 5 nitrogen and oxygen atoms in total. The molecule has 1 amide bonds. The van der Waals surface area contributed by atoms with Gasteiger partial charge in [0, 0.05) is 24.7 Å². The fourth-order valence-corrected chi connectivity index (χ4v) is 2.70. The van der Waals surface area contributed by atoms with Crippen LogP contribution < -0.4 is 14.4 Å². The van der Waals surface area contributed by atoms with Gasteiger partial charge in [0.05, 0.1) is 7.11 Å². The van der Waals surface area contributed by atoms with Crippen LogP contribution in [-0.4, -0.2) is 25.5 Å². The fourth-order valence-electron chi connectivity index (χ4n) is 2.70. The first-order valence-electron chi connectivity index (χ1n) is 8.11. The number of carbonyl (C=O) groups is 2. The van der Waals surface area contributed by atoms with Crippen LogP contribution in [0.3, 0.4) is 0 Å². The minimum absolute atomic E-state index is 0.156. The van der Waals surface area contributed by atoms with E-state index in [1.807, 2.05) is 24.3 Å². The summed E-state index contributed by atoms with van der Waals surface area (Å²) in [5, 5.41) is 0. The van der Waals surface area contributed by atoms with Crippen LogP contribution in [0.5, 0.6) is 11.5 Å². The Labute approximate surface area is 146 Å². The molecule has 1 saturated heterocycles. The molecular formula is C20H19NO4. The van der Waals surface area contributed by atoms with Crippen molar-refractivity contribution >= 4 is 23.6 Å². The maximum Gasteiger partial charge on any atom is 0.336 e. The molecule has 25 heavy (non-hydrogen) atoms. The maximum atomic E-state index is 12.0. The summed E-state index contributed by atoms with van der Waals surface area (Å²) in [6, 6.07) is 14.5. The van der Waals surface area contributed by atoms with Gasteiger partial charge in [0.2, 0.25) is 5.91 Å². The summed E-state index contributed by atoms with van der Waals surface area (Å²) in [7, 11) is 1.52. The van der Waals surface area contributed by atoms with Crippen LogP contribution in [0.4, 0.5) is 5.69 Å². The van der Waals surface area contributed by atoms with Gasteiger partial charge in [-0.3, -0.25) is 4.79 Å². The van der Waals surface area contributed by atoms with Crippen molar-refractivity contribution in [3.8, 4) is 11.5 Å². The Bertz CT molecular complexity index is 796. The van der Waals surface area contributed by atoms with E-state index in [0.717, 1.165) is 24.2 Å². The first kappa shape index (κ1) is 16.8. The van der Waals surface area contributed by atoms with Gasteiger partial charge >= 0.3 is 5.97 Å². The number of hydrogen-bond donors (Lipinski definition) is 0. The zero-order valence-electron chi connectivity index (χ0n) is 14.0. The van der Waals surface area contributed by atoms with Crippen LogP contribution in [0.15, 0.2) is 54.6 Å². The Morgan fingerprint density at radius 1 is 1.08 bits per heavy atom. The van der Waals surface area contributed by atoms with Gasteiger partial charge in [0.25, 0.3) is 0 Å². The molecule has 3 rings (SSSR count). The van der Waals surface area contributed by atoms with Gasteiger partial charge in [-0.15, -0.1) is 0 Å². The first-order chi connectivity index (χ1) is 12.2. The molecule has 0 radical (unpaired) electrons. The smallest absolute Gasteiger partial charge is 0.336 e. The summed E-state index contributed by atoms with van der Waals surface area (Å²) < 4.78 is 10.4. The Kier molecular flexibility index (Phi) is 5.14. The van der Waals surface area contributed by atoms with Crippen molar-refractivity contribution in [2.45, 2.75) is 12.8 Å². The maximum absolute atomic E-state index is 12.0. The third kappa shape index (κ3) is 4.07. The van der Waals surface area contributed by atoms with Gasteiger partial charge in [-0.2, -0.15) is 0 Å². The Morgan fingerprint density at radius 3 is 2.44 bits per heavy atom. The third-order valence-electron chi connectivity index (χ3n) is 3.97. The molecule has 0 aliphatic carbocycles. The monoisotopic (exact) mass is 337 g/mol. The van der Waals surface area contributed by atoms with Crippen molar-refractivity contribution in [2.24, 2.45) is 0 Å². The van der Waals surface area contributed by atoms with Crippen molar-refractivity contribution in [3.05, 3.63) is 60.2 Å². The van der Waals surface area contributed by atoms with E-state index in [9.17, 15) is 9.59 Å². The fraction of sp³-hybridized carbons (Fsp3) is 0.200. The summed E-state index contributed by atoms with van der Waals surface area (Å²) in [6.45, 7) is 0.763. The molecule has 0 aromatic heterocycles.